The largest absolute Gasteiger partial charge is 0.276 e. The highest BCUT2D eigenvalue weighted by Gasteiger charge is 2.16. The lowest BCUT2D eigenvalue weighted by atomic mass is 9.99. The third-order valence-electron chi connectivity index (χ3n) is 2.98. The number of nitrogens with zero attached hydrogens (tertiary/aromatic N) is 2. The minimum atomic E-state index is -0.637. The maximum atomic E-state index is 10.8. The van der Waals surface area contributed by atoms with Gasteiger partial charge in [0.25, 0.3) is 11.4 Å². The number of benzene rings is 2. The molecule has 0 atom stereocenters. The van der Waals surface area contributed by atoms with Crippen LogP contribution in [0.4, 0.5) is 11.4 Å². The molecule has 21 heavy (non-hydrogen) atoms. The molecule has 0 heterocycles. The molecule has 0 aliphatic rings. The van der Waals surface area contributed by atoms with Gasteiger partial charge in [-0.15, -0.1) is 0 Å². The van der Waals surface area contributed by atoms with Crippen LogP contribution < -0.4 is 0 Å². The molecule has 6 heteroatoms. The van der Waals surface area contributed by atoms with Crippen LogP contribution in [-0.4, -0.2) is 9.85 Å². The molecule has 2 rings (SSSR count). The monoisotopic (exact) mass is 284 g/mol. The van der Waals surface area contributed by atoms with Crippen LogP contribution in [0.1, 0.15) is 11.1 Å². The van der Waals surface area contributed by atoms with Crippen molar-refractivity contribution >= 4 is 16.9 Å². The molecule has 2 aromatic carbocycles. The van der Waals surface area contributed by atoms with Gasteiger partial charge in [-0.25, -0.2) is 0 Å². The lowest BCUT2D eigenvalue weighted by Gasteiger charge is -2.06. The second kappa shape index (κ2) is 5.96. The fourth-order valence-corrected chi connectivity index (χ4v) is 1.99. The second-order valence-corrected chi connectivity index (χ2v) is 4.52. The van der Waals surface area contributed by atoms with Crippen molar-refractivity contribution in [2.24, 2.45) is 0 Å². The minimum absolute atomic E-state index is 0.292. The normalized spacial score (nSPS) is 10.1. The van der Waals surface area contributed by atoms with Crippen molar-refractivity contribution in [2.75, 3.05) is 0 Å². The average Bonchev–Trinajstić information content (AvgIpc) is 2.47. The Bertz CT molecular complexity index is 679. The number of nitro groups is 2. The van der Waals surface area contributed by atoms with Crippen LogP contribution >= 0.6 is 0 Å². The molecule has 0 spiro atoms. The van der Waals surface area contributed by atoms with Crippen LogP contribution in [0, 0.1) is 20.2 Å². The molecular formula is C15H12N2O4. The van der Waals surface area contributed by atoms with Crippen LogP contribution in [0.2, 0.25) is 0 Å². The number of rotatable bonds is 5. The third kappa shape index (κ3) is 3.50. The topological polar surface area (TPSA) is 86.3 Å². The van der Waals surface area contributed by atoms with Crippen molar-refractivity contribution in [2.45, 2.75) is 6.42 Å². The Morgan fingerprint density at radius 3 is 1.95 bits per heavy atom. The Balaban J connectivity index is 2.33. The molecule has 0 saturated carbocycles. The smallest absolute Gasteiger partial charge is 0.258 e. The zero-order valence-corrected chi connectivity index (χ0v) is 11.1. The van der Waals surface area contributed by atoms with Crippen molar-refractivity contribution < 1.29 is 9.85 Å². The van der Waals surface area contributed by atoms with Gasteiger partial charge in [-0.3, -0.25) is 20.2 Å². The number of allylic oxidation sites excluding steroid dienone is 1. The van der Waals surface area contributed by atoms with Gasteiger partial charge < -0.3 is 0 Å². The van der Waals surface area contributed by atoms with Gasteiger partial charge in [0.1, 0.15) is 0 Å². The maximum absolute atomic E-state index is 10.8. The number of nitro benzene ring substituents is 2. The third-order valence-corrected chi connectivity index (χ3v) is 2.98. The standard InChI is InChI=1S/C15H12N2O4/c1-11(13-5-3-2-4-6-13)7-12-8-14(16(18)19)10-15(9-12)17(20)21/h2-6,8-10H,1,7H2. The van der Waals surface area contributed by atoms with Gasteiger partial charge in [0.2, 0.25) is 0 Å². The first-order valence-electron chi connectivity index (χ1n) is 6.13. The molecule has 0 bridgehead atoms. The summed E-state index contributed by atoms with van der Waals surface area (Å²) < 4.78 is 0. The van der Waals surface area contributed by atoms with Crippen molar-refractivity contribution in [1.29, 1.82) is 0 Å². The van der Waals surface area contributed by atoms with Crippen LogP contribution in [0.5, 0.6) is 0 Å². The summed E-state index contributed by atoms with van der Waals surface area (Å²) >= 11 is 0. The maximum Gasteiger partial charge on any atom is 0.276 e. The Labute approximate surface area is 120 Å². The van der Waals surface area contributed by atoms with Crippen LogP contribution in [0.15, 0.2) is 55.1 Å². The van der Waals surface area contributed by atoms with Crippen molar-refractivity contribution in [1.82, 2.24) is 0 Å². The molecule has 6 nitrogen and oxygen atoms in total. The van der Waals surface area contributed by atoms with Gasteiger partial charge in [0.05, 0.1) is 15.9 Å². The predicted octanol–water partition coefficient (Wildman–Crippen LogP) is 3.76. The molecule has 0 aliphatic heterocycles. The molecular weight excluding hydrogens is 272 g/mol. The van der Waals surface area contributed by atoms with E-state index in [4.69, 9.17) is 0 Å². The summed E-state index contributed by atoms with van der Waals surface area (Å²) in [4.78, 5) is 20.4. The first-order chi connectivity index (χ1) is 9.97. The minimum Gasteiger partial charge on any atom is -0.258 e. The molecule has 0 fully saturated rings. The van der Waals surface area contributed by atoms with Crippen LogP contribution in [0.25, 0.3) is 5.57 Å². The van der Waals surface area contributed by atoms with Gasteiger partial charge in [0.15, 0.2) is 0 Å². The Morgan fingerprint density at radius 2 is 1.48 bits per heavy atom. The SMILES string of the molecule is C=C(Cc1cc([N+](=O)[O-])cc([N+](=O)[O-])c1)c1ccccc1. The summed E-state index contributed by atoms with van der Waals surface area (Å²) in [6.45, 7) is 3.93. The number of non-ortho nitro benzene ring substituents is 2. The van der Waals surface area contributed by atoms with E-state index in [0.717, 1.165) is 17.2 Å². The van der Waals surface area contributed by atoms with E-state index in [1.807, 2.05) is 30.3 Å². The van der Waals surface area contributed by atoms with Gasteiger partial charge in [0, 0.05) is 12.1 Å². The Hall–Kier alpha value is -3.02. The summed E-state index contributed by atoms with van der Waals surface area (Å²) in [5.41, 5.74) is 1.54. The zero-order chi connectivity index (χ0) is 15.4. The Kier molecular flexibility index (Phi) is 4.08. The van der Waals surface area contributed by atoms with Gasteiger partial charge >= 0.3 is 0 Å². The number of hydrogen-bond acceptors (Lipinski definition) is 4. The van der Waals surface area contributed by atoms with Gasteiger partial charge in [-0.2, -0.15) is 0 Å². The molecule has 0 aliphatic carbocycles. The second-order valence-electron chi connectivity index (χ2n) is 4.52. The van der Waals surface area contributed by atoms with E-state index in [2.05, 4.69) is 6.58 Å². The molecule has 0 radical (unpaired) electrons. The molecule has 0 N–H and O–H groups in total. The van der Waals surface area contributed by atoms with E-state index in [1.165, 1.54) is 12.1 Å². The highest BCUT2D eigenvalue weighted by atomic mass is 16.6. The van der Waals surface area contributed by atoms with E-state index >= 15 is 0 Å². The van der Waals surface area contributed by atoms with Crippen LogP contribution in [-0.2, 0) is 6.42 Å². The molecule has 0 saturated heterocycles. The average molecular weight is 284 g/mol. The molecule has 0 aromatic heterocycles. The lowest BCUT2D eigenvalue weighted by Crippen LogP contribution is -1.97. The summed E-state index contributed by atoms with van der Waals surface area (Å²) in [5, 5.41) is 21.7. The summed E-state index contributed by atoms with van der Waals surface area (Å²) in [5.74, 6) is 0. The van der Waals surface area contributed by atoms with E-state index < -0.39 is 9.85 Å². The number of hydrogen-bond donors (Lipinski definition) is 0. The lowest BCUT2D eigenvalue weighted by molar-refractivity contribution is -0.394. The van der Waals surface area contributed by atoms with Gasteiger partial charge in [-0.05, 0) is 23.1 Å². The quantitative estimate of drug-likeness (QED) is 0.617. The highest BCUT2D eigenvalue weighted by molar-refractivity contribution is 5.66. The van der Waals surface area contributed by atoms with E-state index in [0.29, 0.717) is 12.0 Å². The van der Waals surface area contributed by atoms with E-state index in [1.54, 1.807) is 0 Å². The molecule has 0 unspecified atom stereocenters. The fraction of sp³-hybridized carbons (Fsp3) is 0.0667. The first-order valence-corrected chi connectivity index (χ1v) is 6.13. The van der Waals surface area contributed by atoms with Crippen molar-refractivity contribution in [3.05, 3.63) is 86.5 Å². The van der Waals surface area contributed by atoms with Crippen molar-refractivity contribution in [3.63, 3.8) is 0 Å². The zero-order valence-electron chi connectivity index (χ0n) is 11.1. The van der Waals surface area contributed by atoms with Crippen molar-refractivity contribution in [3.8, 4) is 0 Å². The van der Waals surface area contributed by atoms with Crippen LogP contribution in [0.3, 0.4) is 0 Å². The van der Waals surface area contributed by atoms with Gasteiger partial charge in [-0.1, -0.05) is 36.9 Å². The molecule has 2 aromatic rings. The summed E-state index contributed by atoms with van der Waals surface area (Å²) in [6.07, 6.45) is 0.312. The molecule has 106 valence electrons. The summed E-state index contributed by atoms with van der Waals surface area (Å²) in [7, 11) is 0. The first kappa shape index (κ1) is 14.4. The Morgan fingerprint density at radius 1 is 0.952 bits per heavy atom. The highest BCUT2D eigenvalue weighted by Crippen LogP contribution is 2.26. The van der Waals surface area contributed by atoms with E-state index in [9.17, 15) is 20.2 Å². The summed E-state index contributed by atoms with van der Waals surface area (Å²) in [6, 6.07) is 12.9. The van der Waals surface area contributed by atoms with E-state index in [-0.39, 0.29) is 11.4 Å². The fourth-order valence-electron chi connectivity index (χ4n) is 1.99. The predicted molar refractivity (Wildman–Crippen MR) is 78.9 cm³/mol. The molecule has 0 amide bonds.